The number of aromatic hydroxyl groups is 1. The van der Waals surface area contributed by atoms with Crippen LogP contribution >= 0.6 is 11.3 Å². The maximum Gasteiger partial charge on any atom is 0.329 e. The predicted octanol–water partition coefficient (Wildman–Crippen LogP) is 10.2. The SMILES string of the molecule is C[C@@H](NC(=O)N1C(=O)[C@@]2(c3cc(C#CC4(O)CCCCCC4)ccc31)[C@H](c1ccc(O)cc1)N1[C@H](c3ccccc3)[C@H](c3ccccc3)OC(=O)[C@H]1[C@@H]2C(=O)Nc1nc2ccccc2s1)c1ccccc1. The normalized spacial score (nSPS) is 24.0. The Morgan fingerprint density at radius 3 is 2.11 bits per heavy atom. The molecule has 2 saturated heterocycles. The van der Waals surface area contributed by atoms with E-state index in [9.17, 15) is 10.2 Å². The second kappa shape index (κ2) is 18.6. The number of imide groups is 1. The van der Waals surface area contributed by atoms with Crippen LogP contribution in [0.3, 0.4) is 0 Å². The summed E-state index contributed by atoms with van der Waals surface area (Å²) >= 11 is 1.26. The molecule has 0 bridgehead atoms. The van der Waals surface area contributed by atoms with E-state index in [4.69, 9.17) is 9.72 Å². The molecule has 3 aliphatic heterocycles. The van der Waals surface area contributed by atoms with Crippen LogP contribution in [0.1, 0.15) is 103 Å². The van der Waals surface area contributed by atoms with Crippen LogP contribution in [-0.2, 0) is 24.5 Å². The van der Waals surface area contributed by atoms with Crippen LogP contribution in [0.15, 0.2) is 158 Å². The van der Waals surface area contributed by atoms with Gasteiger partial charge in [-0.15, -0.1) is 0 Å². The number of fused-ring (bicyclic) bond motifs is 4. The number of ether oxygens (including phenoxy) is 1. The standard InChI is InChI=1S/C58H51N5O7S/c1-36(38-17-7-4-8-18-38)59-56(68)62-45-30-25-37(31-34-57(69)32-15-2-3-16-33-57)35-43(45)58(54(62)67)47(52(65)61-55-60-44-23-13-14-24-46(44)71-55)49-53(66)70-50(40-21-11-6-12-22-40)48(39-19-9-5-10-20-39)63(49)51(58)41-26-28-42(64)29-27-41/h4-14,17-30,35-36,47-51,64,69H,2-3,15-16,32-33H2,1H3,(H,59,68)(H,60,61,65)/t36-,47-,48-,49-,50+,51+,58-/m1/s1. The van der Waals surface area contributed by atoms with Gasteiger partial charge >= 0.3 is 12.0 Å². The average Bonchev–Trinajstić information content (AvgIpc) is 3.96. The van der Waals surface area contributed by atoms with Gasteiger partial charge in [-0.1, -0.05) is 151 Å². The molecule has 6 aromatic carbocycles. The molecule has 1 spiro atoms. The number of nitrogens with one attached hydrogen (secondary N) is 2. The number of morpholine rings is 1. The van der Waals surface area contributed by atoms with Gasteiger partial charge < -0.3 is 25.6 Å². The van der Waals surface area contributed by atoms with Gasteiger partial charge in [0, 0.05) is 5.56 Å². The molecule has 1 aromatic heterocycles. The van der Waals surface area contributed by atoms with Crippen molar-refractivity contribution in [3.8, 4) is 17.6 Å². The highest BCUT2D eigenvalue weighted by Gasteiger charge is 2.75. The van der Waals surface area contributed by atoms with E-state index in [1.807, 2.05) is 127 Å². The Morgan fingerprint density at radius 2 is 1.42 bits per heavy atom. The number of urea groups is 1. The molecule has 11 rings (SSSR count). The highest BCUT2D eigenvalue weighted by atomic mass is 32.1. The minimum absolute atomic E-state index is 0.0367. The van der Waals surface area contributed by atoms with E-state index in [0.717, 1.165) is 46.4 Å². The van der Waals surface area contributed by atoms with Crippen LogP contribution < -0.4 is 15.5 Å². The number of rotatable bonds is 7. The summed E-state index contributed by atoms with van der Waals surface area (Å²) in [6.07, 6.45) is 3.77. The fraction of sp³-hybridized carbons (Fsp3) is 0.259. The lowest BCUT2D eigenvalue weighted by molar-refractivity contribution is -0.177. The summed E-state index contributed by atoms with van der Waals surface area (Å²) in [4.78, 5) is 71.2. The highest BCUT2D eigenvalue weighted by molar-refractivity contribution is 7.22. The molecule has 1 saturated carbocycles. The van der Waals surface area contributed by atoms with Gasteiger partial charge in [-0.25, -0.2) is 14.7 Å². The predicted molar refractivity (Wildman–Crippen MR) is 271 cm³/mol. The highest BCUT2D eigenvalue weighted by Crippen LogP contribution is 2.66. The number of benzene rings is 6. The minimum atomic E-state index is -2.07. The Balaban J connectivity index is 1.18. The van der Waals surface area contributed by atoms with E-state index in [2.05, 4.69) is 22.5 Å². The van der Waals surface area contributed by atoms with Crippen molar-refractivity contribution >= 4 is 56.2 Å². The molecule has 71 heavy (non-hydrogen) atoms. The number of carbonyl (C=O) groups is 4. The van der Waals surface area contributed by atoms with E-state index in [-0.39, 0.29) is 22.1 Å². The first kappa shape index (κ1) is 45.8. The number of thiazole rings is 1. The number of hydrogen-bond donors (Lipinski definition) is 4. The lowest BCUT2D eigenvalue weighted by Gasteiger charge is -2.46. The molecule has 7 aromatic rings. The Kier molecular flexibility index (Phi) is 12.0. The molecular weight excluding hydrogens is 911 g/mol. The van der Waals surface area contributed by atoms with Gasteiger partial charge in [0.05, 0.1) is 39.9 Å². The fourth-order valence-corrected chi connectivity index (χ4v) is 12.3. The summed E-state index contributed by atoms with van der Waals surface area (Å²) in [5.74, 6) is 2.65. The lowest BCUT2D eigenvalue weighted by Crippen LogP contribution is -2.55. The third-order valence-corrected chi connectivity index (χ3v) is 15.6. The molecule has 3 fully saturated rings. The first-order chi connectivity index (χ1) is 34.5. The molecule has 4 amide bonds. The van der Waals surface area contributed by atoms with Gasteiger partial charge in [0.25, 0.3) is 0 Å². The third-order valence-electron chi connectivity index (χ3n) is 14.7. The summed E-state index contributed by atoms with van der Waals surface area (Å²) in [7, 11) is 0. The lowest BCUT2D eigenvalue weighted by atomic mass is 9.65. The number of phenols is 1. The Hall–Kier alpha value is -7.63. The van der Waals surface area contributed by atoms with Crippen molar-refractivity contribution < 1.29 is 34.1 Å². The number of esters is 1. The third kappa shape index (κ3) is 8.11. The summed E-state index contributed by atoms with van der Waals surface area (Å²) < 4.78 is 7.44. The number of para-hydroxylation sites is 1. The number of hydrogen-bond acceptors (Lipinski definition) is 10. The Labute approximate surface area is 415 Å². The molecule has 4 aliphatic rings. The molecule has 12 nitrogen and oxygen atoms in total. The van der Waals surface area contributed by atoms with Crippen LogP contribution in [-0.4, -0.2) is 55.6 Å². The monoisotopic (exact) mass is 961 g/mol. The number of aliphatic hydroxyl groups is 1. The molecule has 1 aliphatic carbocycles. The van der Waals surface area contributed by atoms with Crippen molar-refractivity contribution in [3.63, 3.8) is 0 Å². The minimum Gasteiger partial charge on any atom is -0.508 e. The molecule has 356 valence electrons. The van der Waals surface area contributed by atoms with Crippen molar-refractivity contribution in [2.24, 2.45) is 5.92 Å². The summed E-state index contributed by atoms with van der Waals surface area (Å²) in [5.41, 5.74) is 1.03. The molecular formula is C58H51N5O7S. The second-order valence-corrected chi connectivity index (χ2v) is 20.0. The van der Waals surface area contributed by atoms with Crippen LogP contribution in [0.4, 0.5) is 15.6 Å². The van der Waals surface area contributed by atoms with Crippen LogP contribution in [0, 0.1) is 17.8 Å². The van der Waals surface area contributed by atoms with Crippen molar-refractivity contribution in [1.29, 1.82) is 0 Å². The van der Waals surface area contributed by atoms with Gasteiger partial charge in [0.2, 0.25) is 11.8 Å². The maximum atomic E-state index is 16.7. The van der Waals surface area contributed by atoms with Crippen molar-refractivity contribution in [2.75, 3.05) is 10.2 Å². The number of amides is 4. The molecule has 7 atom stereocenters. The van der Waals surface area contributed by atoms with Crippen LogP contribution in [0.5, 0.6) is 5.75 Å². The smallest absolute Gasteiger partial charge is 0.329 e. The molecule has 4 heterocycles. The molecule has 4 N–H and O–H groups in total. The van der Waals surface area contributed by atoms with Gasteiger partial charge in [0.15, 0.2) is 5.13 Å². The first-order valence-corrected chi connectivity index (χ1v) is 25.0. The molecule has 0 radical (unpaired) electrons. The van der Waals surface area contributed by atoms with Crippen molar-refractivity contribution in [1.82, 2.24) is 15.2 Å². The van der Waals surface area contributed by atoms with Gasteiger partial charge in [-0.3, -0.25) is 19.3 Å². The van der Waals surface area contributed by atoms with Crippen LogP contribution in [0.2, 0.25) is 0 Å². The van der Waals surface area contributed by atoms with Gasteiger partial charge in [-0.2, -0.15) is 0 Å². The Bertz CT molecular complexity index is 3190. The number of nitrogens with zero attached hydrogens (tertiary/aromatic N) is 3. The largest absolute Gasteiger partial charge is 0.508 e. The summed E-state index contributed by atoms with van der Waals surface area (Å²) in [6, 6.07) is 42.7. The summed E-state index contributed by atoms with van der Waals surface area (Å²) in [6.45, 7) is 1.83. The van der Waals surface area contributed by atoms with E-state index in [0.29, 0.717) is 35.0 Å². The van der Waals surface area contributed by atoms with E-state index < -0.39 is 71.0 Å². The molecule has 0 unspecified atom stereocenters. The Morgan fingerprint density at radius 1 is 0.775 bits per heavy atom. The zero-order valence-corrected chi connectivity index (χ0v) is 39.7. The van der Waals surface area contributed by atoms with E-state index >= 15 is 19.2 Å². The van der Waals surface area contributed by atoms with Gasteiger partial charge in [-0.05, 0) is 103 Å². The van der Waals surface area contributed by atoms with Gasteiger partial charge in [0.1, 0.15) is 28.9 Å². The number of carbonyl (C=O) groups excluding carboxylic acids is 4. The number of aromatic nitrogens is 1. The maximum absolute atomic E-state index is 16.7. The number of cyclic esters (lactones) is 1. The second-order valence-electron chi connectivity index (χ2n) is 19.0. The number of anilines is 2. The molecule has 13 heteroatoms. The zero-order valence-electron chi connectivity index (χ0n) is 38.9. The van der Waals surface area contributed by atoms with Crippen molar-refractivity contribution in [2.45, 2.75) is 86.7 Å². The first-order valence-electron chi connectivity index (χ1n) is 24.2. The number of phenolic OH excluding ortho intramolecular Hbond substituents is 1. The fourth-order valence-electron chi connectivity index (χ4n) is 11.5. The van der Waals surface area contributed by atoms with E-state index in [1.54, 1.807) is 30.3 Å². The quantitative estimate of drug-likeness (QED) is 0.0692. The average molecular weight is 962 g/mol. The van der Waals surface area contributed by atoms with Crippen LogP contribution in [0.25, 0.3) is 10.2 Å². The van der Waals surface area contributed by atoms with E-state index in [1.165, 1.54) is 23.5 Å². The topological polar surface area (TPSA) is 161 Å². The van der Waals surface area contributed by atoms with Crippen molar-refractivity contribution in [3.05, 3.63) is 191 Å². The summed E-state index contributed by atoms with van der Waals surface area (Å²) in [5, 5.41) is 29.0. The zero-order chi connectivity index (χ0) is 48.9.